The van der Waals surface area contributed by atoms with Crippen LogP contribution in [0.3, 0.4) is 0 Å². The van der Waals surface area contributed by atoms with Gasteiger partial charge in [0, 0.05) is 31.9 Å². The van der Waals surface area contributed by atoms with E-state index in [4.69, 9.17) is 0 Å². The predicted molar refractivity (Wildman–Crippen MR) is 65.5 cm³/mol. The molecular formula is C11H14F3N3O2S. The second kappa shape index (κ2) is 5.30. The van der Waals surface area contributed by atoms with Crippen molar-refractivity contribution in [2.24, 2.45) is 0 Å². The van der Waals surface area contributed by atoms with E-state index in [-0.39, 0.29) is 24.0 Å². The monoisotopic (exact) mass is 309 g/mol. The molecule has 0 aliphatic carbocycles. The summed E-state index contributed by atoms with van der Waals surface area (Å²) in [6.45, 7) is 2.91. The molecule has 0 aromatic carbocycles. The van der Waals surface area contributed by atoms with Gasteiger partial charge in [-0.25, -0.2) is 8.42 Å². The molecule has 20 heavy (non-hydrogen) atoms. The Bertz CT molecular complexity index is 572. The summed E-state index contributed by atoms with van der Waals surface area (Å²) in [5, 5.41) is 3.09. The smallest absolute Gasteiger partial charge is 0.312 e. The maximum Gasteiger partial charge on any atom is 0.433 e. The molecule has 0 radical (unpaired) electrons. The van der Waals surface area contributed by atoms with Crippen molar-refractivity contribution >= 4 is 10.0 Å². The molecule has 1 saturated heterocycles. The van der Waals surface area contributed by atoms with Gasteiger partial charge in [-0.1, -0.05) is 0 Å². The standard InChI is InChI=1S/C11H14F3N3O2S/c1-8-7-17(5-4-15-8)20(18,19)9-2-3-10(16-6-9)11(12,13)14/h2-3,6,8,15H,4-5,7H2,1H3. The highest BCUT2D eigenvalue weighted by Crippen LogP contribution is 2.28. The summed E-state index contributed by atoms with van der Waals surface area (Å²) in [7, 11) is -3.79. The molecule has 1 fully saturated rings. The van der Waals surface area contributed by atoms with E-state index in [2.05, 4.69) is 10.3 Å². The third-order valence-electron chi connectivity index (χ3n) is 3.00. The van der Waals surface area contributed by atoms with Crippen molar-refractivity contribution in [3.63, 3.8) is 0 Å². The van der Waals surface area contributed by atoms with Crippen LogP contribution in [0, 0.1) is 0 Å². The summed E-state index contributed by atoms with van der Waals surface area (Å²) >= 11 is 0. The first-order valence-corrected chi connectivity index (χ1v) is 7.42. The van der Waals surface area contributed by atoms with Crippen molar-refractivity contribution in [2.45, 2.75) is 24.0 Å². The molecule has 2 rings (SSSR count). The van der Waals surface area contributed by atoms with E-state index in [1.54, 1.807) is 0 Å². The molecule has 1 aliphatic heterocycles. The fourth-order valence-corrected chi connectivity index (χ4v) is 3.44. The average molecular weight is 309 g/mol. The van der Waals surface area contributed by atoms with Crippen LogP contribution >= 0.6 is 0 Å². The van der Waals surface area contributed by atoms with Crippen molar-refractivity contribution in [2.75, 3.05) is 19.6 Å². The number of aromatic nitrogens is 1. The second-order valence-corrected chi connectivity index (χ2v) is 6.53. The summed E-state index contributed by atoms with van der Waals surface area (Å²) in [5.74, 6) is 0. The van der Waals surface area contributed by atoms with Crippen molar-refractivity contribution in [3.8, 4) is 0 Å². The van der Waals surface area contributed by atoms with Crippen LogP contribution in [0.1, 0.15) is 12.6 Å². The van der Waals surface area contributed by atoms with Crippen LogP contribution in [-0.4, -0.2) is 43.4 Å². The number of sulfonamides is 1. The second-order valence-electron chi connectivity index (χ2n) is 4.60. The lowest BCUT2D eigenvalue weighted by Crippen LogP contribution is -2.51. The van der Waals surface area contributed by atoms with Crippen molar-refractivity contribution in [1.29, 1.82) is 0 Å². The zero-order chi connectivity index (χ0) is 15.0. The Balaban J connectivity index is 2.26. The van der Waals surface area contributed by atoms with Gasteiger partial charge >= 0.3 is 6.18 Å². The normalized spacial score (nSPS) is 21.9. The number of halogens is 3. The fourth-order valence-electron chi connectivity index (χ4n) is 1.96. The summed E-state index contributed by atoms with van der Waals surface area (Å²) in [4.78, 5) is 2.96. The summed E-state index contributed by atoms with van der Waals surface area (Å²) in [6, 6.07) is 1.62. The van der Waals surface area contributed by atoms with Gasteiger partial charge in [0.1, 0.15) is 10.6 Å². The van der Waals surface area contributed by atoms with Crippen LogP contribution in [-0.2, 0) is 16.2 Å². The number of rotatable bonds is 2. The van der Waals surface area contributed by atoms with Crippen LogP contribution in [0.5, 0.6) is 0 Å². The van der Waals surface area contributed by atoms with Crippen LogP contribution < -0.4 is 5.32 Å². The minimum atomic E-state index is -4.58. The summed E-state index contributed by atoms with van der Waals surface area (Å²) in [6.07, 6.45) is -3.82. The Labute approximate surface area is 114 Å². The largest absolute Gasteiger partial charge is 0.433 e. The van der Waals surface area contributed by atoms with E-state index in [0.717, 1.165) is 12.3 Å². The van der Waals surface area contributed by atoms with Gasteiger partial charge in [-0.05, 0) is 19.1 Å². The fraction of sp³-hybridized carbons (Fsp3) is 0.545. The van der Waals surface area contributed by atoms with Crippen molar-refractivity contribution in [3.05, 3.63) is 24.0 Å². The van der Waals surface area contributed by atoms with Gasteiger partial charge in [0.05, 0.1) is 0 Å². The molecule has 1 unspecified atom stereocenters. The lowest BCUT2D eigenvalue weighted by molar-refractivity contribution is -0.141. The van der Waals surface area contributed by atoms with Gasteiger partial charge in [0.25, 0.3) is 0 Å². The Morgan fingerprint density at radius 1 is 1.40 bits per heavy atom. The molecule has 0 saturated carbocycles. The highest BCUT2D eigenvalue weighted by Gasteiger charge is 2.34. The SMILES string of the molecule is CC1CN(S(=O)(=O)c2ccc(C(F)(F)F)nc2)CCN1. The van der Waals surface area contributed by atoms with E-state index in [1.165, 1.54) is 4.31 Å². The lowest BCUT2D eigenvalue weighted by Gasteiger charge is -2.30. The lowest BCUT2D eigenvalue weighted by atomic mass is 10.3. The zero-order valence-corrected chi connectivity index (χ0v) is 11.5. The van der Waals surface area contributed by atoms with Crippen LogP contribution in [0.15, 0.2) is 23.2 Å². The number of alkyl halides is 3. The number of hydrogen-bond acceptors (Lipinski definition) is 4. The Hall–Kier alpha value is -1.19. The molecule has 1 aliphatic rings. The Morgan fingerprint density at radius 2 is 2.10 bits per heavy atom. The zero-order valence-electron chi connectivity index (χ0n) is 10.7. The Kier molecular flexibility index (Phi) is 4.03. The quantitative estimate of drug-likeness (QED) is 0.888. The van der Waals surface area contributed by atoms with E-state index in [1.807, 2.05) is 6.92 Å². The number of nitrogens with zero attached hydrogens (tertiary/aromatic N) is 2. The molecule has 1 aromatic heterocycles. The van der Waals surface area contributed by atoms with Gasteiger partial charge in [0.2, 0.25) is 10.0 Å². The van der Waals surface area contributed by atoms with Crippen LogP contribution in [0.25, 0.3) is 0 Å². The third-order valence-corrected chi connectivity index (χ3v) is 4.84. The molecule has 1 aromatic rings. The van der Waals surface area contributed by atoms with Gasteiger partial charge in [-0.2, -0.15) is 17.5 Å². The first-order chi connectivity index (χ1) is 9.21. The molecule has 1 N–H and O–H groups in total. The van der Waals surface area contributed by atoms with Gasteiger partial charge in [-0.3, -0.25) is 4.98 Å². The maximum absolute atomic E-state index is 12.4. The number of nitrogens with one attached hydrogen (secondary N) is 1. The van der Waals surface area contributed by atoms with Gasteiger partial charge < -0.3 is 5.32 Å². The molecule has 112 valence electrons. The van der Waals surface area contributed by atoms with Crippen molar-refractivity contribution in [1.82, 2.24) is 14.6 Å². The first-order valence-electron chi connectivity index (χ1n) is 5.98. The van der Waals surface area contributed by atoms with Gasteiger partial charge in [0.15, 0.2) is 0 Å². The van der Waals surface area contributed by atoms with Crippen molar-refractivity contribution < 1.29 is 21.6 Å². The van der Waals surface area contributed by atoms with E-state index >= 15 is 0 Å². The minimum Gasteiger partial charge on any atom is -0.312 e. The number of pyridine rings is 1. The molecular weight excluding hydrogens is 295 g/mol. The maximum atomic E-state index is 12.4. The van der Waals surface area contributed by atoms with E-state index in [0.29, 0.717) is 12.6 Å². The molecule has 5 nitrogen and oxygen atoms in total. The first kappa shape index (κ1) is 15.2. The average Bonchev–Trinajstić information content (AvgIpc) is 2.38. The summed E-state index contributed by atoms with van der Waals surface area (Å²) in [5.41, 5.74) is -1.11. The highest BCUT2D eigenvalue weighted by atomic mass is 32.2. The molecule has 0 amide bonds. The number of piperazine rings is 1. The van der Waals surface area contributed by atoms with E-state index < -0.39 is 21.9 Å². The molecule has 9 heteroatoms. The van der Waals surface area contributed by atoms with Crippen LogP contribution in [0.2, 0.25) is 0 Å². The van der Waals surface area contributed by atoms with E-state index in [9.17, 15) is 21.6 Å². The van der Waals surface area contributed by atoms with Gasteiger partial charge in [-0.15, -0.1) is 0 Å². The topological polar surface area (TPSA) is 62.3 Å². The Morgan fingerprint density at radius 3 is 2.60 bits per heavy atom. The molecule has 2 heterocycles. The summed E-state index contributed by atoms with van der Waals surface area (Å²) < 4.78 is 63.0. The molecule has 1 atom stereocenters. The third kappa shape index (κ3) is 3.10. The minimum absolute atomic E-state index is 0.000863. The number of hydrogen-bond donors (Lipinski definition) is 1. The van der Waals surface area contributed by atoms with Crippen LogP contribution in [0.4, 0.5) is 13.2 Å². The predicted octanol–water partition coefficient (Wildman–Crippen LogP) is 1.08. The molecule has 0 spiro atoms. The molecule has 0 bridgehead atoms. The highest BCUT2D eigenvalue weighted by molar-refractivity contribution is 7.89.